The molecule has 0 spiro atoms. The molecule has 0 heterocycles. The Labute approximate surface area is 85.2 Å². The van der Waals surface area contributed by atoms with Crippen LogP contribution in [-0.4, -0.2) is 5.88 Å². The average molecular weight is 195 g/mol. The number of rotatable bonds is 3. The molecule has 13 heavy (non-hydrogen) atoms. The van der Waals surface area contributed by atoms with Crippen LogP contribution in [0, 0.1) is 6.92 Å². The Kier molecular flexibility index (Phi) is 4.04. The molecule has 1 rings (SSSR count). The first-order chi connectivity index (χ1) is 6.24. The van der Waals surface area contributed by atoms with E-state index in [0.29, 0.717) is 5.88 Å². The number of benzene rings is 1. The third-order valence-electron chi connectivity index (χ3n) is 2.07. The summed E-state index contributed by atoms with van der Waals surface area (Å²) in [5.74, 6) is 0.698. The first-order valence-corrected chi connectivity index (χ1v) is 5.07. The van der Waals surface area contributed by atoms with Crippen LogP contribution in [-0.2, 0) is 0 Å². The molecular weight excluding hydrogens is 180 g/mol. The van der Waals surface area contributed by atoms with E-state index in [1.807, 2.05) is 0 Å². The normalized spacial score (nSPS) is 11.8. The van der Waals surface area contributed by atoms with Crippen LogP contribution in [0.3, 0.4) is 0 Å². The van der Waals surface area contributed by atoms with Gasteiger partial charge < -0.3 is 0 Å². The maximum Gasteiger partial charge on any atom is 0.0258 e. The molecule has 0 saturated heterocycles. The van der Waals surface area contributed by atoms with Crippen molar-refractivity contribution in [3.63, 3.8) is 0 Å². The van der Waals surface area contributed by atoms with E-state index in [2.05, 4.69) is 44.2 Å². The Morgan fingerprint density at radius 2 is 1.92 bits per heavy atom. The number of allylic oxidation sites excluding steroid dienone is 2. The fraction of sp³-hybridized carbons (Fsp3) is 0.333. The minimum atomic E-state index is 0.698. The van der Waals surface area contributed by atoms with Crippen molar-refractivity contribution in [2.75, 3.05) is 5.88 Å². The van der Waals surface area contributed by atoms with Crippen LogP contribution in [0.25, 0.3) is 5.57 Å². The van der Waals surface area contributed by atoms with Crippen LogP contribution in [0.2, 0.25) is 0 Å². The topological polar surface area (TPSA) is 0 Å². The molecule has 0 nitrogen and oxygen atoms in total. The summed E-state index contributed by atoms with van der Waals surface area (Å²) in [6, 6.07) is 8.56. The lowest BCUT2D eigenvalue weighted by Crippen LogP contribution is -1.80. The van der Waals surface area contributed by atoms with E-state index < -0.39 is 0 Å². The molecule has 0 aliphatic heterocycles. The number of alkyl halides is 1. The van der Waals surface area contributed by atoms with Gasteiger partial charge in [0, 0.05) is 5.88 Å². The molecule has 0 radical (unpaired) electrons. The third kappa shape index (κ3) is 3.23. The van der Waals surface area contributed by atoms with Gasteiger partial charge in [0.1, 0.15) is 0 Å². The molecule has 0 aliphatic rings. The van der Waals surface area contributed by atoms with Crippen LogP contribution in [0.4, 0.5) is 0 Å². The second-order valence-electron chi connectivity index (χ2n) is 3.23. The highest BCUT2D eigenvalue weighted by atomic mass is 35.5. The van der Waals surface area contributed by atoms with Crippen molar-refractivity contribution in [1.82, 2.24) is 0 Å². The lowest BCUT2D eigenvalue weighted by molar-refractivity contribution is 1.23. The summed E-state index contributed by atoms with van der Waals surface area (Å²) in [4.78, 5) is 0. The molecule has 0 atom stereocenters. The van der Waals surface area contributed by atoms with E-state index >= 15 is 0 Å². The number of halogens is 1. The van der Waals surface area contributed by atoms with Gasteiger partial charge in [-0.3, -0.25) is 0 Å². The molecule has 0 fully saturated rings. The van der Waals surface area contributed by atoms with Crippen LogP contribution < -0.4 is 0 Å². The molecule has 1 aromatic carbocycles. The molecule has 0 saturated carbocycles. The molecule has 0 N–H and O–H groups in total. The van der Waals surface area contributed by atoms with Gasteiger partial charge in [0.25, 0.3) is 0 Å². The Morgan fingerprint density at radius 1 is 1.31 bits per heavy atom. The van der Waals surface area contributed by atoms with Gasteiger partial charge in [0.05, 0.1) is 0 Å². The van der Waals surface area contributed by atoms with Crippen molar-refractivity contribution in [3.8, 4) is 0 Å². The maximum absolute atomic E-state index is 5.61. The second kappa shape index (κ2) is 5.08. The highest BCUT2D eigenvalue weighted by Crippen LogP contribution is 2.14. The molecule has 0 aliphatic carbocycles. The van der Waals surface area contributed by atoms with Crippen LogP contribution >= 0.6 is 11.6 Å². The smallest absolute Gasteiger partial charge is 0.0258 e. The zero-order chi connectivity index (χ0) is 9.68. The zero-order valence-electron chi connectivity index (χ0n) is 8.18. The van der Waals surface area contributed by atoms with Crippen molar-refractivity contribution < 1.29 is 0 Å². The van der Waals surface area contributed by atoms with Crippen LogP contribution in [0.1, 0.15) is 24.5 Å². The maximum atomic E-state index is 5.61. The van der Waals surface area contributed by atoms with Crippen molar-refractivity contribution in [2.24, 2.45) is 0 Å². The molecular formula is C12H15Cl. The molecule has 0 bridgehead atoms. The monoisotopic (exact) mass is 194 g/mol. The lowest BCUT2D eigenvalue weighted by Gasteiger charge is -2.01. The fourth-order valence-corrected chi connectivity index (χ4v) is 1.31. The van der Waals surface area contributed by atoms with Gasteiger partial charge in [-0.15, -0.1) is 11.6 Å². The molecule has 0 unspecified atom stereocenters. The van der Waals surface area contributed by atoms with Crippen molar-refractivity contribution in [2.45, 2.75) is 20.3 Å². The Morgan fingerprint density at radius 3 is 2.46 bits per heavy atom. The van der Waals surface area contributed by atoms with Crippen LogP contribution in [0.15, 0.2) is 30.3 Å². The molecule has 0 aromatic heterocycles. The Hall–Kier alpha value is -0.750. The summed E-state index contributed by atoms with van der Waals surface area (Å²) >= 11 is 5.61. The number of hydrogen-bond acceptors (Lipinski definition) is 0. The predicted molar refractivity (Wildman–Crippen MR) is 60.2 cm³/mol. The van der Waals surface area contributed by atoms with Gasteiger partial charge >= 0.3 is 0 Å². The molecule has 1 aromatic rings. The first-order valence-electron chi connectivity index (χ1n) is 4.54. The molecule has 0 amide bonds. The summed E-state index contributed by atoms with van der Waals surface area (Å²) in [6.07, 6.45) is 3.12. The highest BCUT2D eigenvalue weighted by molar-refractivity contribution is 6.17. The summed E-state index contributed by atoms with van der Waals surface area (Å²) in [5.41, 5.74) is 3.89. The SMILES string of the molecule is CC(=CCCCl)c1ccc(C)cc1. The quantitative estimate of drug-likeness (QED) is 0.638. The third-order valence-corrected chi connectivity index (χ3v) is 2.28. The van der Waals surface area contributed by atoms with Crippen molar-refractivity contribution >= 4 is 17.2 Å². The van der Waals surface area contributed by atoms with E-state index in [0.717, 1.165) is 6.42 Å². The minimum Gasteiger partial charge on any atom is -0.126 e. The highest BCUT2D eigenvalue weighted by Gasteiger charge is 1.93. The summed E-state index contributed by atoms with van der Waals surface area (Å²) in [6.45, 7) is 4.22. The van der Waals surface area contributed by atoms with Crippen molar-refractivity contribution in [3.05, 3.63) is 41.5 Å². The van der Waals surface area contributed by atoms with Gasteiger partial charge in [-0.05, 0) is 31.4 Å². The van der Waals surface area contributed by atoms with E-state index in [-0.39, 0.29) is 0 Å². The largest absolute Gasteiger partial charge is 0.126 e. The van der Waals surface area contributed by atoms with E-state index in [4.69, 9.17) is 11.6 Å². The van der Waals surface area contributed by atoms with Gasteiger partial charge in [-0.1, -0.05) is 35.9 Å². The Balaban J connectivity index is 2.77. The van der Waals surface area contributed by atoms with E-state index in [1.165, 1.54) is 16.7 Å². The summed E-state index contributed by atoms with van der Waals surface area (Å²) in [7, 11) is 0. The van der Waals surface area contributed by atoms with Gasteiger partial charge in [-0.2, -0.15) is 0 Å². The van der Waals surface area contributed by atoms with Gasteiger partial charge in [0.15, 0.2) is 0 Å². The van der Waals surface area contributed by atoms with E-state index in [9.17, 15) is 0 Å². The predicted octanol–water partition coefficient (Wildman–Crippen LogP) is 4.03. The summed E-state index contributed by atoms with van der Waals surface area (Å²) < 4.78 is 0. The van der Waals surface area contributed by atoms with Crippen LogP contribution in [0.5, 0.6) is 0 Å². The Bertz CT molecular complexity index is 282. The summed E-state index contributed by atoms with van der Waals surface area (Å²) in [5, 5.41) is 0. The van der Waals surface area contributed by atoms with Crippen molar-refractivity contribution in [1.29, 1.82) is 0 Å². The molecule has 70 valence electrons. The average Bonchev–Trinajstić information content (AvgIpc) is 2.15. The number of aryl methyl sites for hydroxylation is 1. The second-order valence-corrected chi connectivity index (χ2v) is 3.61. The fourth-order valence-electron chi connectivity index (χ4n) is 1.21. The van der Waals surface area contributed by atoms with Gasteiger partial charge in [0.2, 0.25) is 0 Å². The zero-order valence-corrected chi connectivity index (χ0v) is 8.93. The molecule has 1 heteroatoms. The standard InChI is InChI=1S/C12H15Cl/c1-10-5-7-12(8-6-10)11(2)4-3-9-13/h4-8H,3,9H2,1-2H3. The van der Waals surface area contributed by atoms with E-state index in [1.54, 1.807) is 0 Å². The lowest BCUT2D eigenvalue weighted by atomic mass is 10.1. The first kappa shape index (κ1) is 10.3. The minimum absolute atomic E-state index is 0.698. The number of hydrogen-bond donors (Lipinski definition) is 0. The van der Waals surface area contributed by atoms with Gasteiger partial charge in [-0.25, -0.2) is 0 Å².